The van der Waals surface area contributed by atoms with Crippen molar-refractivity contribution in [2.45, 2.75) is 44.3 Å². The second kappa shape index (κ2) is 7.98. The average molecular weight is 374 g/mol. The number of imidazole rings is 1. The molecule has 1 heterocycles. The average Bonchev–Trinajstić information content (AvgIpc) is 3.39. The van der Waals surface area contributed by atoms with Gasteiger partial charge in [0.25, 0.3) is 0 Å². The van der Waals surface area contributed by atoms with Crippen molar-refractivity contribution in [3.8, 4) is 11.1 Å². The Hall–Kier alpha value is -2.92. The first-order valence-corrected chi connectivity index (χ1v) is 9.84. The molecule has 1 fully saturated rings. The van der Waals surface area contributed by atoms with Gasteiger partial charge in [0.1, 0.15) is 0 Å². The number of carbonyl (C=O) groups excluding carboxylic acids is 1. The summed E-state index contributed by atoms with van der Waals surface area (Å²) in [6.07, 6.45) is 9.19. The fourth-order valence-corrected chi connectivity index (χ4v) is 3.92. The van der Waals surface area contributed by atoms with Gasteiger partial charge in [0.05, 0.1) is 11.9 Å². The maximum absolute atomic E-state index is 12.5. The Morgan fingerprint density at radius 1 is 1.11 bits per heavy atom. The molecule has 4 rings (SSSR count). The lowest BCUT2D eigenvalue weighted by molar-refractivity contribution is -0.126. The van der Waals surface area contributed by atoms with E-state index in [1.54, 1.807) is 6.20 Å². The molecule has 3 N–H and O–H groups in total. The zero-order valence-corrected chi connectivity index (χ0v) is 16.0. The highest BCUT2D eigenvalue weighted by atomic mass is 16.2. The molecule has 1 saturated carbocycles. The lowest BCUT2D eigenvalue weighted by Gasteiger charge is -2.22. The van der Waals surface area contributed by atoms with Gasteiger partial charge in [-0.25, -0.2) is 4.98 Å². The smallest absolute Gasteiger partial charge is 0.240 e. The van der Waals surface area contributed by atoms with Crippen LogP contribution in [0.4, 0.5) is 0 Å². The van der Waals surface area contributed by atoms with E-state index in [4.69, 9.17) is 5.73 Å². The summed E-state index contributed by atoms with van der Waals surface area (Å²) in [4.78, 5) is 16.6. The molecule has 0 aliphatic heterocycles. The minimum Gasteiger partial charge on any atom is -0.350 e. The van der Waals surface area contributed by atoms with E-state index in [2.05, 4.69) is 46.7 Å². The van der Waals surface area contributed by atoms with Gasteiger partial charge in [0.15, 0.2) is 0 Å². The molecule has 2 aromatic carbocycles. The number of benzene rings is 2. The molecule has 1 amide bonds. The van der Waals surface area contributed by atoms with Crippen molar-refractivity contribution >= 4 is 5.91 Å². The van der Waals surface area contributed by atoms with E-state index in [0.29, 0.717) is 6.54 Å². The van der Waals surface area contributed by atoms with Crippen LogP contribution in [-0.4, -0.2) is 21.0 Å². The highest BCUT2D eigenvalue weighted by Gasteiger charge is 2.36. The Bertz CT molecular complexity index is 926. The predicted molar refractivity (Wildman–Crippen MR) is 110 cm³/mol. The van der Waals surface area contributed by atoms with Crippen molar-refractivity contribution in [3.63, 3.8) is 0 Å². The Kier molecular flexibility index (Phi) is 5.26. The van der Waals surface area contributed by atoms with Crippen LogP contribution in [0.2, 0.25) is 0 Å². The summed E-state index contributed by atoms with van der Waals surface area (Å²) in [6.45, 7) is 1.29. The number of hydrogen-bond donors (Lipinski definition) is 2. The zero-order chi connectivity index (χ0) is 19.4. The van der Waals surface area contributed by atoms with Gasteiger partial charge >= 0.3 is 0 Å². The first kappa shape index (κ1) is 18.4. The second-order valence-corrected chi connectivity index (χ2v) is 7.64. The Morgan fingerprint density at radius 3 is 2.57 bits per heavy atom. The van der Waals surface area contributed by atoms with Crippen LogP contribution in [-0.2, 0) is 17.9 Å². The maximum atomic E-state index is 12.5. The molecule has 0 spiro atoms. The number of nitrogens with two attached hydrogens (primary N) is 1. The molecule has 3 aromatic rings. The van der Waals surface area contributed by atoms with Crippen LogP contribution >= 0.6 is 0 Å². The van der Waals surface area contributed by atoms with Crippen LogP contribution in [0, 0.1) is 0 Å². The van der Waals surface area contributed by atoms with Crippen molar-refractivity contribution < 1.29 is 4.79 Å². The molecular formula is C23H26N4O. The first-order chi connectivity index (χ1) is 13.6. The monoisotopic (exact) mass is 374 g/mol. The number of rotatable bonds is 6. The fourth-order valence-electron chi connectivity index (χ4n) is 3.92. The van der Waals surface area contributed by atoms with Gasteiger partial charge in [0.2, 0.25) is 5.91 Å². The predicted octanol–water partition coefficient (Wildman–Crippen LogP) is 3.49. The van der Waals surface area contributed by atoms with Crippen molar-refractivity contribution in [1.82, 2.24) is 14.9 Å². The third-order valence-corrected chi connectivity index (χ3v) is 5.59. The lowest BCUT2D eigenvalue weighted by Crippen LogP contribution is -2.51. The summed E-state index contributed by atoms with van der Waals surface area (Å²) >= 11 is 0. The number of hydrogen-bond acceptors (Lipinski definition) is 3. The fraction of sp³-hybridized carbons (Fsp3) is 0.304. The number of aromatic nitrogens is 2. The van der Waals surface area contributed by atoms with Crippen molar-refractivity contribution in [2.75, 3.05) is 0 Å². The summed E-state index contributed by atoms with van der Waals surface area (Å²) < 4.78 is 2.05. The maximum Gasteiger partial charge on any atom is 0.240 e. The summed E-state index contributed by atoms with van der Waals surface area (Å²) in [5.74, 6) is -0.0320. The van der Waals surface area contributed by atoms with Crippen LogP contribution in [0.3, 0.4) is 0 Å². The van der Waals surface area contributed by atoms with Crippen LogP contribution in [0.5, 0.6) is 0 Å². The van der Waals surface area contributed by atoms with Gasteiger partial charge in [-0.2, -0.15) is 0 Å². The highest BCUT2D eigenvalue weighted by molar-refractivity contribution is 5.86. The molecule has 0 saturated heterocycles. The van der Waals surface area contributed by atoms with Gasteiger partial charge < -0.3 is 15.6 Å². The molecule has 144 valence electrons. The van der Waals surface area contributed by atoms with Crippen molar-refractivity contribution in [1.29, 1.82) is 0 Å². The van der Waals surface area contributed by atoms with E-state index in [-0.39, 0.29) is 5.91 Å². The molecule has 1 aliphatic carbocycles. The Morgan fingerprint density at radius 2 is 1.86 bits per heavy atom. The summed E-state index contributed by atoms with van der Waals surface area (Å²) in [7, 11) is 0. The molecular weight excluding hydrogens is 348 g/mol. The van der Waals surface area contributed by atoms with Gasteiger partial charge in [-0.3, -0.25) is 4.79 Å². The molecule has 0 unspecified atom stereocenters. The first-order valence-electron chi connectivity index (χ1n) is 9.84. The summed E-state index contributed by atoms with van der Waals surface area (Å²) in [5.41, 5.74) is 10.2. The molecule has 0 radical (unpaired) electrons. The summed E-state index contributed by atoms with van der Waals surface area (Å²) in [5, 5.41) is 3.06. The third-order valence-electron chi connectivity index (χ3n) is 5.59. The summed E-state index contributed by atoms with van der Waals surface area (Å²) in [6, 6.07) is 16.7. The molecule has 1 aromatic heterocycles. The van der Waals surface area contributed by atoms with Gasteiger partial charge in [0, 0.05) is 25.5 Å². The van der Waals surface area contributed by atoms with E-state index in [1.165, 1.54) is 5.56 Å². The van der Waals surface area contributed by atoms with Gasteiger partial charge in [-0.1, -0.05) is 61.4 Å². The van der Waals surface area contributed by atoms with Gasteiger partial charge in [-0.05, 0) is 35.1 Å². The van der Waals surface area contributed by atoms with E-state index >= 15 is 0 Å². The number of nitrogens with one attached hydrogen (secondary N) is 1. The quantitative estimate of drug-likeness (QED) is 0.694. The van der Waals surface area contributed by atoms with E-state index in [1.807, 2.05) is 29.2 Å². The number of carbonyl (C=O) groups is 1. The molecule has 0 bridgehead atoms. The topological polar surface area (TPSA) is 72.9 Å². The zero-order valence-electron chi connectivity index (χ0n) is 16.0. The molecule has 1 aliphatic rings. The normalized spacial score (nSPS) is 15.5. The van der Waals surface area contributed by atoms with Crippen molar-refractivity contribution in [2.24, 2.45) is 5.73 Å². The van der Waals surface area contributed by atoms with Gasteiger partial charge in [-0.15, -0.1) is 0 Å². The SMILES string of the molecule is NC1(C(=O)NCc2ccccc2-c2ccc(Cn3ccnc3)cc2)CCCC1. The molecule has 28 heavy (non-hydrogen) atoms. The Labute approximate surface area is 165 Å². The largest absolute Gasteiger partial charge is 0.350 e. The standard InChI is InChI=1S/C23H26N4O/c24-23(11-3-4-12-23)22(28)26-15-20-5-1-2-6-21(20)19-9-7-18(8-10-19)16-27-14-13-25-17-27/h1-2,5-10,13-14,17H,3-4,11-12,15-16,24H2,(H,26,28). The van der Waals surface area contributed by atoms with E-state index in [0.717, 1.165) is 48.9 Å². The molecule has 5 heteroatoms. The minimum absolute atomic E-state index is 0.0320. The Balaban J connectivity index is 1.47. The van der Waals surface area contributed by atoms with E-state index in [9.17, 15) is 4.79 Å². The van der Waals surface area contributed by atoms with Crippen LogP contribution < -0.4 is 11.1 Å². The van der Waals surface area contributed by atoms with Crippen LogP contribution in [0.25, 0.3) is 11.1 Å². The number of amides is 1. The highest BCUT2D eigenvalue weighted by Crippen LogP contribution is 2.28. The lowest BCUT2D eigenvalue weighted by atomic mass is 9.96. The van der Waals surface area contributed by atoms with Crippen molar-refractivity contribution in [3.05, 3.63) is 78.4 Å². The van der Waals surface area contributed by atoms with Crippen LogP contribution in [0.1, 0.15) is 36.8 Å². The molecule has 5 nitrogen and oxygen atoms in total. The second-order valence-electron chi connectivity index (χ2n) is 7.64. The van der Waals surface area contributed by atoms with E-state index < -0.39 is 5.54 Å². The third kappa shape index (κ3) is 3.99. The molecule has 0 atom stereocenters. The minimum atomic E-state index is -0.691. The number of nitrogens with zero attached hydrogens (tertiary/aromatic N) is 2. The van der Waals surface area contributed by atoms with Crippen LogP contribution in [0.15, 0.2) is 67.3 Å².